The van der Waals surface area contributed by atoms with Crippen molar-refractivity contribution in [3.05, 3.63) is 51.2 Å². The van der Waals surface area contributed by atoms with E-state index in [9.17, 15) is 14.4 Å². The normalized spacial score (nSPS) is 14.2. The van der Waals surface area contributed by atoms with Crippen LogP contribution < -0.4 is 11.1 Å². The van der Waals surface area contributed by atoms with E-state index >= 15 is 0 Å². The number of amides is 2. The summed E-state index contributed by atoms with van der Waals surface area (Å²) in [6, 6.07) is 6.18. The largest absolute Gasteiger partial charge is 0.449 e. The lowest BCUT2D eigenvalue weighted by Gasteiger charge is -2.15. The van der Waals surface area contributed by atoms with Crippen LogP contribution >= 0.6 is 11.3 Å². The molecule has 0 aliphatic heterocycles. The maximum absolute atomic E-state index is 12.4. The second-order valence-electron chi connectivity index (χ2n) is 6.24. The second-order valence-corrected chi connectivity index (χ2v) is 7.20. The molecule has 0 fully saturated rings. The maximum Gasteiger partial charge on any atom is 0.340 e. The molecule has 1 aromatic heterocycles. The quantitative estimate of drug-likeness (QED) is 0.789. The molecular weight excluding hydrogens is 352 g/mol. The van der Waals surface area contributed by atoms with E-state index in [4.69, 9.17) is 10.5 Å². The Hall–Kier alpha value is -2.67. The fourth-order valence-corrected chi connectivity index (χ4v) is 4.02. The number of thiophene rings is 1. The Kier molecular flexibility index (Phi) is 5.37. The maximum atomic E-state index is 12.4. The van der Waals surface area contributed by atoms with Crippen molar-refractivity contribution < 1.29 is 19.1 Å². The zero-order valence-corrected chi connectivity index (χ0v) is 15.2. The number of carbonyl (C=O) groups excluding carboxylic acids is 3. The predicted molar refractivity (Wildman–Crippen MR) is 99.4 cm³/mol. The van der Waals surface area contributed by atoms with E-state index in [-0.39, 0.29) is 0 Å². The van der Waals surface area contributed by atoms with Crippen LogP contribution in [0.5, 0.6) is 0 Å². The van der Waals surface area contributed by atoms with Gasteiger partial charge in [0.1, 0.15) is 0 Å². The van der Waals surface area contributed by atoms with Crippen LogP contribution in [0.1, 0.15) is 50.9 Å². The van der Waals surface area contributed by atoms with Gasteiger partial charge in [-0.15, -0.1) is 11.3 Å². The average molecular weight is 372 g/mol. The highest BCUT2D eigenvalue weighted by molar-refractivity contribution is 7.10. The van der Waals surface area contributed by atoms with Gasteiger partial charge in [-0.05, 0) is 62.4 Å². The Labute approximate surface area is 155 Å². The second kappa shape index (κ2) is 7.70. The van der Waals surface area contributed by atoms with E-state index in [2.05, 4.69) is 5.32 Å². The molecule has 7 heteroatoms. The van der Waals surface area contributed by atoms with Crippen LogP contribution in [0.3, 0.4) is 0 Å². The van der Waals surface area contributed by atoms with Crippen LogP contribution in [0.4, 0.5) is 5.69 Å². The number of fused-ring (bicyclic) bond motifs is 1. The van der Waals surface area contributed by atoms with Crippen molar-refractivity contribution in [3.8, 4) is 0 Å². The van der Waals surface area contributed by atoms with Crippen molar-refractivity contribution in [1.29, 1.82) is 0 Å². The summed E-state index contributed by atoms with van der Waals surface area (Å²) in [5.74, 6) is -1.44. The third-order valence-corrected chi connectivity index (χ3v) is 5.46. The van der Waals surface area contributed by atoms with Crippen LogP contribution in [0.2, 0.25) is 0 Å². The molecule has 1 aromatic carbocycles. The van der Waals surface area contributed by atoms with Gasteiger partial charge in [-0.2, -0.15) is 0 Å². The van der Waals surface area contributed by atoms with E-state index in [1.165, 1.54) is 23.9 Å². The van der Waals surface area contributed by atoms with Gasteiger partial charge in [0.05, 0.1) is 5.56 Å². The molecule has 3 N–H and O–H groups in total. The number of benzene rings is 1. The Morgan fingerprint density at radius 2 is 1.85 bits per heavy atom. The number of ether oxygens (including phenoxy) is 1. The lowest BCUT2D eigenvalue weighted by Crippen LogP contribution is -2.30. The molecule has 6 nitrogen and oxygen atoms in total. The molecule has 1 heterocycles. The minimum Gasteiger partial charge on any atom is -0.449 e. The third kappa shape index (κ3) is 3.94. The SMILES string of the molecule is CC(OC(=O)c1csc2c1CCCC2)C(=O)Nc1ccc(C(N)=O)cc1. The van der Waals surface area contributed by atoms with Crippen LogP contribution in [0.25, 0.3) is 0 Å². The third-order valence-electron chi connectivity index (χ3n) is 4.37. The molecule has 0 saturated carbocycles. The Balaban J connectivity index is 1.61. The van der Waals surface area contributed by atoms with E-state index < -0.39 is 23.9 Å². The Bertz CT molecular complexity index is 842. The van der Waals surface area contributed by atoms with Crippen molar-refractivity contribution in [2.75, 3.05) is 5.32 Å². The molecule has 3 rings (SSSR count). The van der Waals surface area contributed by atoms with Crippen molar-refractivity contribution in [2.45, 2.75) is 38.7 Å². The first kappa shape index (κ1) is 18.1. The summed E-state index contributed by atoms with van der Waals surface area (Å²) in [6.45, 7) is 1.53. The van der Waals surface area contributed by atoms with E-state index in [0.29, 0.717) is 16.8 Å². The predicted octanol–water partition coefficient (Wildman–Crippen LogP) is 2.91. The molecule has 1 atom stereocenters. The molecule has 2 aromatic rings. The van der Waals surface area contributed by atoms with Gasteiger partial charge in [-0.3, -0.25) is 9.59 Å². The lowest BCUT2D eigenvalue weighted by atomic mass is 9.96. The molecule has 2 amide bonds. The summed E-state index contributed by atoms with van der Waals surface area (Å²) < 4.78 is 5.34. The number of nitrogens with two attached hydrogens (primary N) is 1. The number of hydrogen-bond donors (Lipinski definition) is 2. The summed E-state index contributed by atoms with van der Waals surface area (Å²) in [4.78, 5) is 37.0. The molecule has 1 aliphatic rings. The first-order chi connectivity index (χ1) is 12.5. The van der Waals surface area contributed by atoms with Gasteiger partial charge < -0.3 is 15.8 Å². The van der Waals surface area contributed by atoms with Crippen LogP contribution in [0, 0.1) is 0 Å². The van der Waals surface area contributed by atoms with Crippen LogP contribution in [-0.4, -0.2) is 23.9 Å². The van der Waals surface area contributed by atoms with Crippen molar-refractivity contribution >= 4 is 34.8 Å². The van der Waals surface area contributed by atoms with Crippen molar-refractivity contribution in [1.82, 2.24) is 0 Å². The van der Waals surface area contributed by atoms with Gasteiger partial charge in [-0.25, -0.2) is 4.79 Å². The van der Waals surface area contributed by atoms with Crippen LogP contribution in [-0.2, 0) is 22.4 Å². The zero-order chi connectivity index (χ0) is 18.7. The Morgan fingerprint density at radius 3 is 2.54 bits per heavy atom. The monoisotopic (exact) mass is 372 g/mol. The number of esters is 1. The van der Waals surface area contributed by atoms with Gasteiger partial charge >= 0.3 is 5.97 Å². The Morgan fingerprint density at radius 1 is 1.15 bits per heavy atom. The standard InChI is InChI=1S/C19H20N2O4S/c1-11(18(23)21-13-8-6-12(7-9-13)17(20)22)25-19(24)15-10-26-16-5-3-2-4-14(15)16/h6-11H,2-5H2,1H3,(H2,20,22)(H,21,23). The summed E-state index contributed by atoms with van der Waals surface area (Å²) >= 11 is 1.58. The number of hydrogen-bond acceptors (Lipinski definition) is 5. The molecule has 26 heavy (non-hydrogen) atoms. The van der Waals surface area contributed by atoms with Gasteiger partial charge in [-0.1, -0.05) is 0 Å². The number of aryl methyl sites for hydroxylation is 1. The summed E-state index contributed by atoms with van der Waals surface area (Å²) in [5, 5.41) is 4.48. The van der Waals surface area contributed by atoms with Gasteiger partial charge in [0, 0.05) is 21.5 Å². The molecule has 1 aliphatic carbocycles. The number of carbonyl (C=O) groups is 3. The molecular formula is C19H20N2O4S. The minimum atomic E-state index is -0.933. The summed E-state index contributed by atoms with van der Waals surface area (Å²) in [5.41, 5.74) is 7.68. The van der Waals surface area contributed by atoms with Crippen molar-refractivity contribution in [3.63, 3.8) is 0 Å². The summed E-state index contributed by atoms with van der Waals surface area (Å²) in [6.07, 6.45) is 3.18. The lowest BCUT2D eigenvalue weighted by molar-refractivity contribution is -0.123. The molecule has 0 radical (unpaired) electrons. The number of anilines is 1. The number of rotatable bonds is 5. The van der Waals surface area contributed by atoms with Gasteiger partial charge in [0.15, 0.2) is 6.10 Å². The van der Waals surface area contributed by atoms with E-state index in [1.54, 1.807) is 23.5 Å². The fourth-order valence-electron chi connectivity index (χ4n) is 2.90. The minimum absolute atomic E-state index is 0.352. The topological polar surface area (TPSA) is 98.5 Å². The van der Waals surface area contributed by atoms with Crippen LogP contribution in [0.15, 0.2) is 29.6 Å². The molecule has 0 saturated heterocycles. The molecule has 1 unspecified atom stereocenters. The number of nitrogens with one attached hydrogen (secondary N) is 1. The average Bonchev–Trinajstić information content (AvgIpc) is 3.06. The first-order valence-corrected chi connectivity index (χ1v) is 9.34. The molecule has 0 bridgehead atoms. The first-order valence-electron chi connectivity index (χ1n) is 8.46. The highest BCUT2D eigenvalue weighted by atomic mass is 32.1. The summed E-state index contributed by atoms with van der Waals surface area (Å²) in [7, 11) is 0. The molecule has 0 spiro atoms. The highest BCUT2D eigenvalue weighted by Crippen LogP contribution is 2.30. The zero-order valence-electron chi connectivity index (χ0n) is 14.4. The number of primary amides is 1. The fraction of sp³-hybridized carbons (Fsp3) is 0.316. The van der Waals surface area contributed by atoms with E-state index in [1.807, 2.05) is 5.38 Å². The smallest absolute Gasteiger partial charge is 0.340 e. The van der Waals surface area contributed by atoms with E-state index in [0.717, 1.165) is 31.2 Å². The highest BCUT2D eigenvalue weighted by Gasteiger charge is 2.24. The van der Waals surface area contributed by atoms with Gasteiger partial charge in [0.2, 0.25) is 5.91 Å². The molecule has 136 valence electrons. The van der Waals surface area contributed by atoms with Gasteiger partial charge in [0.25, 0.3) is 5.91 Å². The van der Waals surface area contributed by atoms with Crippen molar-refractivity contribution in [2.24, 2.45) is 5.73 Å².